The van der Waals surface area contributed by atoms with Crippen molar-refractivity contribution in [2.75, 3.05) is 5.32 Å². The first-order chi connectivity index (χ1) is 14.2. The molecule has 3 amide bonds. The third kappa shape index (κ3) is 4.32. The Hall–Kier alpha value is -3.93. The Morgan fingerprint density at radius 2 is 1.48 bits per heavy atom. The molecule has 0 radical (unpaired) electrons. The number of para-hydroxylation sites is 1. The fourth-order valence-corrected chi connectivity index (χ4v) is 3.33. The molecule has 3 N–H and O–H groups in total. The molecule has 144 valence electrons. The van der Waals surface area contributed by atoms with Crippen molar-refractivity contribution in [3.63, 3.8) is 0 Å². The lowest BCUT2D eigenvalue weighted by Crippen LogP contribution is -2.40. The highest BCUT2D eigenvalue weighted by Crippen LogP contribution is 2.23. The van der Waals surface area contributed by atoms with E-state index < -0.39 is 6.03 Å². The van der Waals surface area contributed by atoms with Crippen molar-refractivity contribution in [3.8, 4) is 0 Å². The average molecular weight is 384 g/mol. The molecule has 29 heavy (non-hydrogen) atoms. The van der Waals surface area contributed by atoms with E-state index in [9.17, 15) is 9.59 Å². The van der Waals surface area contributed by atoms with Crippen LogP contribution in [0.25, 0.3) is 0 Å². The largest absolute Gasteiger partial charge is 0.343 e. The summed E-state index contributed by atoms with van der Waals surface area (Å²) >= 11 is 0. The minimum absolute atomic E-state index is 0.176. The maximum atomic E-state index is 12.6. The Labute approximate surface area is 168 Å². The Balaban J connectivity index is 1.51. The van der Waals surface area contributed by atoms with Crippen molar-refractivity contribution in [3.05, 3.63) is 102 Å². The van der Waals surface area contributed by atoms with E-state index in [0.717, 1.165) is 11.1 Å². The van der Waals surface area contributed by atoms with Crippen LogP contribution in [0.5, 0.6) is 0 Å². The van der Waals surface area contributed by atoms with Crippen molar-refractivity contribution in [1.82, 2.24) is 10.7 Å². The van der Waals surface area contributed by atoms with Crippen molar-refractivity contribution in [1.29, 1.82) is 0 Å². The molecule has 1 aliphatic carbocycles. The summed E-state index contributed by atoms with van der Waals surface area (Å²) in [5, 5.41) is 10.1. The number of nitrogens with zero attached hydrogens (tertiary/aromatic N) is 1. The number of anilines is 1. The molecular formula is C23H20N4O2. The zero-order chi connectivity index (χ0) is 20.1. The van der Waals surface area contributed by atoms with Crippen LogP contribution >= 0.6 is 0 Å². The summed E-state index contributed by atoms with van der Waals surface area (Å²) in [5.41, 5.74) is 6.43. The molecule has 0 bridgehead atoms. The molecule has 0 saturated carbocycles. The van der Waals surface area contributed by atoms with Crippen LogP contribution in [0.1, 0.15) is 21.5 Å². The van der Waals surface area contributed by atoms with Crippen molar-refractivity contribution in [2.45, 2.75) is 12.5 Å². The second-order valence-electron chi connectivity index (χ2n) is 6.68. The molecule has 0 aromatic heterocycles. The maximum absolute atomic E-state index is 12.6. The Kier molecular flexibility index (Phi) is 5.33. The summed E-state index contributed by atoms with van der Waals surface area (Å²) < 4.78 is 0. The van der Waals surface area contributed by atoms with E-state index in [2.05, 4.69) is 21.2 Å². The number of rotatable bonds is 4. The van der Waals surface area contributed by atoms with Gasteiger partial charge in [-0.25, -0.2) is 10.2 Å². The van der Waals surface area contributed by atoms with Crippen LogP contribution in [0, 0.1) is 0 Å². The number of carbonyl (C=O) groups is 2. The van der Waals surface area contributed by atoms with Crippen LogP contribution in [0.3, 0.4) is 0 Å². The minimum Gasteiger partial charge on any atom is -0.343 e. The third-order valence-electron chi connectivity index (χ3n) is 4.70. The summed E-state index contributed by atoms with van der Waals surface area (Å²) in [4.78, 5) is 24.8. The van der Waals surface area contributed by atoms with Crippen LogP contribution in [-0.4, -0.2) is 23.7 Å². The fraction of sp³-hybridized carbons (Fsp3) is 0.0870. The molecular weight excluding hydrogens is 364 g/mol. The smallest absolute Gasteiger partial charge is 0.339 e. The monoisotopic (exact) mass is 384 g/mol. The Morgan fingerprint density at radius 1 is 0.828 bits per heavy atom. The highest BCUT2D eigenvalue weighted by atomic mass is 16.2. The van der Waals surface area contributed by atoms with Gasteiger partial charge in [0, 0.05) is 16.8 Å². The number of hydrazone groups is 1. The first kappa shape index (κ1) is 18.4. The number of hydrogen-bond donors (Lipinski definition) is 3. The lowest BCUT2D eigenvalue weighted by Gasteiger charge is -2.14. The Bertz CT molecular complexity index is 1050. The normalized spacial score (nSPS) is 16.1. The highest BCUT2D eigenvalue weighted by molar-refractivity contribution is 6.11. The van der Waals surface area contributed by atoms with Gasteiger partial charge in [0.05, 0.1) is 11.8 Å². The number of fused-ring (bicyclic) bond motifs is 1. The molecule has 6 heteroatoms. The van der Waals surface area contributed by atoms with E-state index in [1.807, 2.05) is 60.7 Å². The van der Waals surface area contributed by atoms with Gasteiger partial charge in [-0.1, -0.05) is 60.7 Å². The molecule has 6 nitrogen and oxygen atoms in total. The van der Waals surface area contributed by atoms with Gasteiger partial charge in [-0.15, -0.1) is 0 Å². The van der Waals surface area contributed by atoms with Gasteiger partial charge in [0.25, 0.3) is 5.91 Å². The quantitative estimate of drug-likeness (QED) is 0.601. The van der Waals surface area contributed by atoms with Gasteiger partial charge in [0.1, 0.15) is 0 Å². The van der Waals surface area contributed by atoms with Gasteiger partial charge in [-0.2, -0.15) is 5.10 Å². The van der Waals surface area contributed by atoms with Crippen LogP contribution in [0.15, 0.2) is 90.0 Å². The zero-order valence-electron chi connectivity index (χ0n) is 15.6. The Morgan fingerprint density at radius 3 is 2.24 bits per heavy atom. The maximum Gasteiger partial charge on any atom is 0.339 e. The topological polar surface area (TPSA) is 82.6 Å². The van der Waals surface area contributed by atoms with Crippen LogP contribution in [-0.2, 0) is 6.42 Å². The summed E-state index contributed by atoms with van der Waals surface area (Å²) in [6, 6.07) is 25.2. The molecule has 0 aliphatic heterocycles. The van der Waals surface area contributed by atoms with Crippen LogP contribution in [0.4, 0.5) is 10.5 Å². The number of hydrogen-bond acceptors (Lipinski definition) is 3. The van der Waals surface area contributed by atoms with E-state index in [1.54, 1.807) is 24.3 Å². The molecule has 1 atom stereocenters. The summed E-state index contributed by atoms with van der Waals surface area (Å²) in [6.45, 7) is 0. The lowest BCUT2D eigenvalue weighted by atomic mass is 10.1. The van der Waals surface area contributed by atoms with Crippen LogP contribution < -0.4 is 16.1 Å². The first-order valence-electron chi connectivity index (χ1n) is 9.34. The fourth-order valence-electron chi connectivity index (χ4n) is 3.33. The molecule has 1 aliphatic rings. The van der Waals surface area contributed by atoms with Gasteiger partial charge in [0.15, 0.2) is 0 Å². The van der Waals surface area contributed by atoms with Gasteiger partial charge >= 0.3 is 6.03 Å². The molecule has 4 rings (SSSR count). The van der Waals surface area contributed by atoms with E-state index in [1.165, 1.54) is 0 Å². The predicted molar refractivity (Wildman–Crippen MR) is 113 cm³/mol. The van der Waals surface area contributed by atoms with E-state index in [4.69, 9.17) is 0 Å². The average Bonchev–Trinajstić information content (AvgIpc) is 3.10. The molecule has 3 aromatic carbocycles. The summed E-state index contributed by atoms with van der Waals surface area (Å²) in [7, 11) is 0. The molecule has 0 fully saturated rings. The zero-order valence-corrected chi connectivity index (χ0v) is 15.6. The van der Waals surface area contributed by atoms with E-state index in [-0.39, 0.29) is 11.9 Å². The predicted octanol–water partition coefficient (Wildman–Crippen LogP) is 3.57. The SMILES string of the molecule is O=C(N/N=C1\c2ccccc2CC1NC(=O)c1ccccc1)Nc1ccccc1. The number of benzene rings is 3. The molecule has 0 spiro atoms. The van der Waals surface area contributed by atoms with Gasteiger partial charge in [0.2, 0.25) is 0 Å². The number of carbonyl (C=O) groups excluding carboxylic acids is 2. The third-order valence-corrected chi connectivity index (χ3v) is 4.70. The van der Waals surface area contributed by atoms with Crippen molar-refractivity contribution in [2.24, 2.45) is 5.10 Å². The van der Waals surface area contributed by atoms with Gasteiger partial charge < -0.3 is 10.6 Å². The van der Waals surface area contributed by atoms with Crippen molar-refractivity contribution < 1.29 is 9.59 Å². The molecule has 3 aromatic rings. The second-order valence-corrected chi connectivity index (χ2v) is 6.68. The van der Waals surface area contributed by atoms with Gasteiger partial charge in [-0.3, -0.25) is 4.79 Å². The highest BCUT2D eigenvalue weighted by Gasteiger charge is 2.30. The van der Waals surface area contributed by atoms with E-state index in [0.29, 0.717) is 23.4 Å². The second kappa shape index (κ2) is 8.39. The summed E-state index contributed by atoms with van der Waals surface area (Å²) in [5.74, 6) is -0.176. The first-order valence-corrected chi connectivity index (χ1v) is 9.34. The van der Waals surface area contributed by atoms with Crippen molar-refractivity contribution >= 4 is 23.3 Å². The molecule has 0 saturated heterocycles. The number of amides is 3. The standard InChI is InChI=1S/C23H20N4O2/c28-22(16-9-3-1-4-10-16)25-20-15-17-11-7-8-14-19(17)21(20)26-27-23(29)24-18-12-5-2-6-13-18/h1-14,20H,15H2,(H,25,28)(H2,24,27,29)/b26-21+. The van der Waals surface area contributed by atoms with E-state index >= 15 is 0 Å². The molecule has 0 heterocycles. The van der Waals surface area contributed by atoms with Crippen LogP contribution in [0.2, 0.25) is 0 Å². The molecule has 1 unspecified atom stereocenters. The van der Waals surface area contributed by atoms with Gasteiger partial charge in [-0.05, 0) is 36.2 Å². The number of urea groups is 1. The number of nitrogens with one attached hydrogen (secondary N) is 3. The lowest BCUT2D eigenvalue weighted by molar-refractivity contribution is 0.0947. The summed E-state index contributed by atoms with van der Waals surface area (Å²) in [6.07, 6.45) is 0.621. The minimum atomic E-state index is -0.443.